The topological polar surface area (TPSA) is 106 Å². The first-order valence-corrected chi connectivity index (χ1v) is 9.93. The predicted octanol–water partition coefficient (Wildman–Crippen LogP) is 1.26. The zero-order valence-corrected chi connectivity index (χ0v) is 13.5. The van der Waals surface area contributed by atoms with E-state index in [9.17, 15) is 16.8 Å². The lowest BCUT2D eigenvalue weighted by molar-refractivity contribution is 0.550. The molecule has 8 heteroatoms. The fraction of sp³-hybridized carbons (Fsp3) is 0.538. The standard InChI is InChI=1S/C13H20N2O4S2/c1-10(15-21(18,19)13-4-2-3-5-13)11-6-8-12(9-7-11)20(14,16)17/h6-10,13,15H,2-5H2,1H3,(H2,14,16,17). The van der Waals surface area contributed by atoms with Gasteiger partial charge in [-0.05, 0) is 37.5 Å². The summed E-state index contributed by atoms with van der Waals surface area (Å²) < 4.78 is 49.5. The fourth-order valence-corrected chi connectivity index (χ4v) is 4.85. The summed E-state index contributed by atoms with van der Waals surface area (Å²) in [7, 11) is -7.07. The number of rotatable bonds is 5. The molecule has 1 aromatic rings. The summed E-state index contributed by atoms with van der Waals surface area (Å²) in [6.07, 6.45) is 3.30. The summed E-state index contributed by atoms with van der Waals surface area (Å²) >= 11 is 0. The van der Waals surface area contributed by atoms with Gasteiger partial charge in [0.2, 0.25) is 20.0 Å². The van der Waals surface area contributed by atoms with Crippen LogP contribution in [0.15, 0.2) is 29.2 Å². The molecule has 0 saturated heterocycles. The first-order valence-electron chi connectivity index (χ1n) is 6.84. The van der Waals surface area contributed by atoms with E-state index in [1.165, 1.54) is 12.1 Å². The van der Waals surface area contributed by atoms with Crippen molar-refractivity contribution in [3.63, 3.8) is 0 Å². The van der Waals surface area contributed by atoms with E-state index in [1.54, 1.807) is 19.1 Å². The summed E-state index contributed by atoms with van der Waals surface area (Å²) in [4.78, 5) is 0.0112. The Morgan fingerprint density at radius 2 is 1.62 bits per heavy atom. The Balaban J connectivity index is 2.11. The highest BCUT2D eigenvalue weighted by Gasteiger charge is 2.29. The van der Waals surface area contributed by atoms with Gasteiger partial charge in [0.15, 0.2) is 0 Å². The Labute approximate surface area is 125 Å². The van der Waals surface area contributed by atoms with Crippen LogP contribution in [0, 0.1) is 0 Å². The second-order valence-corrected chi connectivity index (χ2v) is 8.96. The van der Waals surface area contributed by atoms with Crippen molar-refractivity contribution in [2.24, 2.45) is 5.14 Å². The molecule has 1 aliphatic rings. The largest absolute Gasteiger partial charge is 0.238 e. The molecule has 21 heavy (non-hydrogen) atoms. The molecule has 1 atom stereocenters. The zero-order valence-electron chi connectivity index (χ0n) is 11.8. The van der Waals surface area contributed by atoms with Crippen LogP contribution in [0.3, 0.4) is 0 Å². The van der Waals surface area contributed by atoms with Gasteiger partial charge in [-0.25, -0.2) is 26.7 Å². The van der Waals surface area contributed by atoms with E-state index < -0.39 is 26.1 Å². The minimum Gasteiger partial charge on any atom is -0.225 e. The van der Waals surface area contributed by atoms with E-state index in [0.29, 0.717) is 18.4 Å². The zero-order chi connectivity index (χ0) is 15.7. The third-order valence-corrected chi connectivity index (χ3v) is 6.75. The number of sulfonamides is 2. The normalized spacial score (nSPS) is 18.8. The second-order valence-electron chi connectivity index (χ2n) is 5.41. The van der Waals surface area contributed by atoms with Gasteiger partial charge in [0.05, 0.1) is 10.1 Å². The SMILES string of the molecule is CC(NS(=O)(=O)C1CCCC1)c1ccc(S(N)(=O)=O)cc1. The summed E-state index contributed by atoms with van der Waals surface area (Å²) in [6, 6.07) is 5.49. The third-order valence-electron chi connectivity index (χ3n) is 3.79. The molecule has 0 heterocycles. The van der Waals surface area contributed by atoms with Crippen LogP contribution in [0.25, 0.3) is 0 Å². The maximum Gasteiger partial charge on any atom is 0.238 e. The summed E-state index contributed by atoms with van der Waals surface area (Å²) in [5, 5.41) is 4.71. The highest BCUT2D eigenvalue weighted by Crippen LogP contribution is 2.26. The van der Waals surface area contributed by atoms with Gasteiger partial charge in [-0.15, -0.1) is 0 Å². The van der Waals surface area contributed by atoms with Gasteiger partial charge in [-0.2, -0.15) is 0 Å². The van der Waals surface area contributed by atoms with Gasteiger partial charge in [0.25, 0.3) is 0 Å². The Bertz CT molecular complexity index is 690. The van der Waals surface area contributed by atoms with Gasteiger partial charge in [-0.1, -0.05) is 25.0 Å². The summed E-state index contributed by atoms with van der Waals surface area (Å²) in [6.45, 7) is 1.73. The van der Waals surface area contributed by atoms with Gasteiger partial charge in [0, 0.05) is 6.04 Å². The van der Waals surface area contributed by atoms with E-state index in [0.717, 1.165) is 12.8 Å². The van der Waals surface area contributed by atoms with Crippen LogP contribution >= 0.6 is 0 Å². The fourth-order valence-electron chi connectivity index (χ4n) is 2.56. The maximum atomic E-state index is 12.2. The van der Waals surface area contributed by atoms with E-state index in [1.807, 2.05) is 0 Å². The molecular weight excluding hydrogens is 312 g/mol. The van der Waals surface area contributed by atoms with Crippen molar-refractivity contribution in [3.8, 4) is 0 Å². The summed E-state index contributed by atoms with van der Waals surface area (Å²) in [5.74, 6) is 0. The highest BCUT2D eigenvalue weighted by atomic mass is 32.2. The number of benzene rings is 1. The molecule has 118 valence electrons. The molecule has 2 rings (SSSR count). The number of primary sulfonamides is 1. The number of hydrogen-bond acceptors (Lipinski definition) is 4. The first-order chi connectivity index (χ1) is 9.70. The Kier molecular flexibility index (Phi) is 4.72. The molecule has 1 fully saturated rings. The van der Waals surface area contributed by atoms with Gasteiger partial charge >= 0.3 is 0 Å². The predicted molar refractivity (Wildman–Crippen MR) is 80.5 cm³/mol. The molecule has 0 bridgehead atoms. The molecule has 0 aliphatic heterocycles. The van der Waals surface area contributed by atoms with Crippen LogP contribution < -0.4 is 9.86 Å². The van der Waals surface area contributed by atoms with Crippen molar-refractivity contribution < 1.29 is 16.8 Å². The number of hydrogen-bond donors (Lipinski definition) is 2. The Morgan fingerprint density at radius 3 is 2.10 bits per heavy atom. The molecule has 1 aliphatic carbocycles. The molecule has 1 aromatic carbocycles. The lowest BCUT2D eigenvalue weighted by Gasteiger charge is -2.18. The molecule has 1 saturated carbocycles. The minimum atomic E-state index is -3.73. The Hall–Kier alpha value is -0.960. The van der Waals surface area contributed by atoms with Gasteiger partial charge < -0.3 is 0 Å². The second kappa shape index (κ2) is 6.04. The average molecular weight is 332 g/mol. The van der Waals surface area contributed by atoms with Gasteiger partial charge in [0.1, 0.15) is 0 Å². The van der Waals surface area contributed by atoms with E-state index in [-0.39, 0.29) is 10.1 Å². The van der Waals surface area contributed by atoms with Crippen molar-refractivity contribution in [2.75, 3.05) is 0 Å². The van der Waals surface area contributed by atoms with E-state index in [2.05, 4.69) is 4.72 Å². The van der Waals surface area contributed by atoms with Crippen molar-refractivity contribution >= 4 is 20.0 Å². The molecule has 1 unspecified atom stereocenters. The lowest BCUT2D eigenvalue weighted by Crippen LogP contribution is -2.34. The first kappa shape index (κ1) is 16.4. The number of nitrogens with two attached hydrogens (primary N) is 1. The van der Waals surface area contributed by atoms with E-state index in [4.69, 9.17) is 5.14 Å². The van der Waals surface area contributed by atoms with Crippen LogP contribution in [0.1, 0.15) is 44.2 Å². The summed E-state index contributed by atoms with van der Waals surface area (Å²) in [5.41, 5.74) is 0.698. The quantitative estimate of drug-likeness (QED) is 0.846. The molecule has 0 spiro atoms. The molecule has 6 nitrogen and oxygen atoms in total. The van der Waals surface area contributed by atoms with E-state index >= 15 is 0 Å². The van der Waals surface area contributed by atoms with Crippen molar-refractivity contribution in [1.29, 1.82) is 0 Å². The van der Waals surface area contributed by atoms with Crippen molar-refractivity contribution in [3.05, 3.63) is 29.8 Å². The van der Waals surface area contributed by atoms with Crippen LogP contribution in [-0.2, 0) is 20.0 Å². The third kappa shape index (κ3) is 4.03. The maximum absolute atomic E-state index is 12.2. The molecular formula is C13H20N2O4S2. The van der Waals surface area contributed by atoms with Crippen LogP contribution in [-0.4, -0.2) is 22.1 Å². The van der Waals surface area contributed by atoms with Crippen LogP contribution in [0.2, 0.25) is 0 Å². The lowest BCUT2D eigenvalue weighted by atomic mass is 10.1. The monoisotopic (exact) mass is 332 g/mol. The van der Waals surface area contributed by atoms with Gasteiger partial charge in [-0.3, -0.25) is 0 Å². The van der Waals surface area contributed by atoms with Crippen LogP contribution in [0.5, 0.6) is 0 Å². The number of nitrogens with one attached hydrogen (secondary N) is 1. The molecule has 3 N–H and O–H groups in total. The molecule has 0 aromatic heterocycles. The minimum absolute atomic E-state index is 0.0112. The average Bonchev–Trinajstić information content (AvgIpc) is 2.92. The van der Waals surface area contributed by atoms with Crippen molar-refractivity contribution in [1.82, 2.24) is 4.72 Å². The highest BCUT2D eigenvalue weighted by molar-refractivity contribution is 7.90. The Morgan fingerprint density at radius 1 is 1.10 bits per heavy atom. The smallest absolute Gasteiger partial charge is 0.225 e. The van der Waals surface area contributed by atoms with Crippen LogP contribution in [0.4, 0.5) is 0 Å². The molecule has 0 amide bonds. The molecule has 0 radical (unpaired) electrons. The van der Waals surface area contributed by atoms with Crippen molar-refractivity contribution in [2.45, 2.75) is 48.8 Å².